The van der Waals surface area contributed by atoms with E-state index in [0.717, 1.165) is 42.7 Å². The number of hydrogen-bond donors (Lipinski definition) is 0. The van der Waals surface area contributed by atoms with Crippen LogP contribution in [0.2, 0.25) is 0 Å². The molecule has 4 rings (SSSR count). The molecule has 0 radical (unpaired) electrons. The summed E-state index contributed by atoms with van der Waals surface area (Å²) in [6.45, 7) is 2.01. The van der Waals surface area contributed by atoms with Crippen LogP contribution in [0.4, 0.5) is 5.88 Å². The fourth-order valence-corrected chi connectivity index (χ4v) is 4.69. The number of nitriles is 1. The molecule has 0 atom stereocenters. The van der Waals surface area contributed by atoms with Gasteiger partial charge >= 0.3 is 0 Å². The van der Waals surface area contributed by atoms with E-state index < -0.39 is 0 Å². The van der Waals surface area contributed by atoms with Gasteiger partial charge in [-0.05, 0) is 72.1 Å². The lowest BCUT2D eigenvalue weighted by molar-refractivity contribution is 0.414. The smallest absolute Gasteiger partial charge is 0.238 e. The monoisotopic (exact) mass is 578 g/mol. The molecule has 1 heterocycles. The van der Waals surface area contributed by atoms with Gasteiger partial charge in [-0.2, -0.15) is 5.26 Å². The summed E-state index contributed by atoms with van der Waals surface area (Å²) < 4.78 is 18.7. The SMILES string of the molecule is COc1ccc(-c2oc(N=Cc3cc(Br)c(C)c(Br)c3)c(C#N)c2-c2ccc(OC)cc2)cc1. The molecule has 0 bridgehead atoms. The summed E-state index contributed by atoms with van der Waals surface area (Å²) in [5.74, 6) is 2.26. The fraction of sp³-hybridized carbons (Fsp3) is 0.111. The van der Waals surface area contributed by atoms with Crippen molar-refractivity contribution in [3.63, 3.8) is 0 Å². The third kappa shape index (κ3) is 4.79. The molecule has 7 heteroatoms. The highest BCUT2D eigenvalue weighted by Gasteiger charge is 2.23. The van der Waals surface area contributed by atoms with Gasteiger partial charge in [-0.25, -0.2) is 4.99 Å². The fourth-order valence-electron chi connectivity index (χ4n) is 3.47. The van der Waals surface area contributed by atoms with Gasteiger partial charge in [0.05, 0.1) is 14.2 Å². The summed E-state index contributed by atoms with van der Waals surface area (Å²) in [6.07, 6.45) is 1.68. The number of furan rings is 1. The first-order chi connectivity index (χ1) is 16.4. The van der Waals surface area contributed by atoms with E-state index in [1.165, 1.54) is 0 Å². The van der Waals surface area contributed by atoms with E-state index in [4.69, 9.17) is 13.9 Å². The number of hydrogen-bond acceptors (Lipinski definition) is 5. The highest BCUT2D eigenvalue weighted by Crippen LogP contribution is 2.43. The first kappa shape index (κ1) is 23.8. The molecular formula is C27H20Br2N2O3. The largest absolute Gasteiger partial charge is 0.497 e. The summed E-state index contributed by atoms with van der Waals surface area (Å²) in [5.41, 5.74) is 4.63. The Morgan fingerprint density at radius 2 is 1.41 bits per heavy atom. The lowest BCUT2D eigenvalue weighted by Crippen LogP contribution is -1.87. The molecule has 170 valence electrons. The molecule has 0 aliphatic carbocycles. The molecule has 34 heavy (non-hydrogen) atoms. The molecule has 4 aromatic rings. The second kappa shape index (κ2) is 10.3. The van der Waals surface area contributed by atoms with E-state index >= 15 is 0 Å². The summed E-state index contributed by atoms with van der Waals surface area (Å²) in [4.78, 5) is 4.55. The summed E-state index contributed by atoms with van der Waals surface area (Å²) in [6, 6.07) is 21.2. The van der Waals surface area contributed by atoms with Crippen molar-refractivity contribution in [3.8, 4) is 40.0 Å². The van der Waals surface area contributed by atoms with Crippen molar-refractivity contribution in [1.82, 2.24) is 0 Å². The van der Waals surface area contributed by atoms with Gasteiger partial charge in [0.1, 0.15) is 28.9 Å². The average Bonchev–Trinajstić information content (AvgIpc) is 3.24. The van der Waals surface area contributed by atoms with Crippen LogP contribution in [0.25, 0.3) is 22.5 Å². The molecule has 0 amide bonds. The van der Waals surface area contributed by atoms with Crippen LogP contribution in [0.5, 0.6) is 11.5 Å². The van der Waals surface area contributed by atoms with Crippen LogP contribution in [-0.4, -0.2) is 20.4 Å². The Bertz CT molecular complexity index is 1380. The average molecular weight is 580 g/mol. The molecule has 3 aromatic carbocycles. The number of aliphatic imine (C=N–C) groups is 1. The predicted molar refractivity (Wildman–Crippen MR) is 141 cm³/mol. The Labute approximate surface area is 214 Å². The molecule has 0 saturated heterocycles. The van der Waals surface area contributed by atoms with E-state index in [1.54, 1.807) is 20.4 Å². The third-order valence-electron chi connectivity index (χ3n) is 5.37. The number of halogens is 2. The Hall–Kier alpha value is -3.34. The molecule has 0 N–H and O–H groups in total. The van der Waals surface area contributed by atoms with Crippen molar-refractivity contribution >= 4 is 44.0 Å². The second-order valence-electron chi connectivity index (χ2n) is 7.42. The lowest BCUT2D eigenvalue weighted by atomic mass is 9.98. The second-order valence-corrected chi connectivity index (χ2v) is 9.13. The molecular weight excluding hydrogens is 560 g/mol. The molecule has 0 spiro atoms. The van der Waals surface area contributed by atoms with Crippen LogP contribution in [0.1, 0.15) is 16.7 Å². The van der Waals surface area contributed by atoms with Gasteiger partial charge in [-0.15, -0.1) is 0 Å². The maximum atomic E-state index is 10.1. The van der Waals surface area contributed by atoms with Gasteiger partial charge in [-0.3, -0.25) is 0 Å². The maximum absolute atomic E-state index is 10.1. The summed E-state index contributed by atoms with van der Waals surface area (Å²) >= 11 is 7.13. The number of benzene rings is 3. The zero-order chi connectivity index (χ0) is 24.2. The van der Waals surface area contributed by atoms with Gasteiger partial charge in [0.15, 0.2) is 0 Å². The van der Waals surface area contributed by atoms with Crippen LogP contribution in [0.3, 0.4) is 0 Å². The molecule has 0 unspecified atom stereocenters. The van der Waals surface area contributed by atoms with E-state index in [2.05, 4.69) is 42.9 Å². The van der Waals surface area contributed by atoms with Crippen molar-refractivity contribution in [2.45, 2.75) is 6.92 Å². The highest BCUT2D eigenvalue weighted by atomic mass is 79.9. The number of methoxy groups -OCH3 is 2. The minimum Gasteiger partial charge on any atom is -0.497 e. The van der Waals surface area contributed by atoms with E-state index in [9.17, 15) is 5.26 Å². The first-order valence-electron chi connectivity index (χ1n) is 10.3. The van der Waals surface area contributed by atoms with Crippen LogP contribution in [0, 0.1) is 18.3 Å². The standard InChI is InChI=1S/C27H20Br2N2O3/c1-16-23(28)12-17(13-24(16)29)15-31-27-22(14-30)25(18-4-8-20(32-2)9-5-18)26(34-27)19-6-10-21(33-3)11-7-19/h4-13,15H,1-3H3. The molecule has 0 aliphatic heterocycles. The first-order valence-corrected chi connectivity index (χ1v) is 11.9. The van der Waals surface area contributed by atoms with Gasteiger partial charge in [0.2, 0.25) is 5.88 Å². The van der Waals surface area contributed by atoms with Crippen LogP contribution in [0.15, 0.2) is 79.0 Å². The van der Waals surface area contributed by atoms with Crippen molar-refractivity contribution < 1.29 is 13.9 Å². The Morgan fingerprint density at radius 3 is 1.91 bits per heavy atom. The van der Waals surface area contributed by atoms with Crippen molar-refractivity contribution in [2.75, 3.05) is 14.2 Å². The van der Waals surface area contributed by atoms with Crippen molar-refractivity contribution in [1.29, 1.82) is 5.26 Å². The van der Waals surface area contributed by atoms with Gasteiger partial charge in [-0.1, -0.05) is 44.0 Å². The van der Waals surface area contributed by atoms with E-state index in [0.29, 0.717) is 16.9 Å². The van der Waals surface area contributed by atoms with E-state index in [1.807, 2.05) is 67.6 Å². The molecule has 5 nitrogen and oxygen atoms in total. The predicted octanol–water partition coefficient (Wildman–Crippen LogP) is 8.09. The van der Waals surface area contributed by atoms with Crippen LogP contribution in [-0.2, 0) is 0 Å². The number of nitrogens with zero attached hydrogens (tertiary/aromatic N) is 2. The maximum Gasteiger partial charge on any atom is 0.238 e. The van der Waals surface area contributed by atoms with Gasteiger partial charge in [0, 0.05) is 26.3 Å². The lowest BCUT2D eigenvalue weighted by Gasteiger charge is -2.06. The minimum absolute atomic E-state index is 0.243. The zero-order valence-corrected chi connectivity index (χ0v) is 21.9. The van der Waals surface area contributed by atoms with Crippen LogP contribution < -0.4 is 9.47 Å². The Morgan fingerprint density at radius 1 is 0.882 bits per heavy atom. The molecule has 0 fully saturated rings. The summed E-state index contributed by atoms with van der Waals surface area (Å²) in [5, 5.41) is 10.1. The minimum atomic E-state index is 0.243. The van der Waals surface area contributed by atoms with Gasteiger partial charge in [0.25, 0.3) is 0 Å². The quantitative estimate of drug-likeness (QED) is 0.216. The summed E-state index contributed by atoms with van der Waals surface area (Å²) in [7, 11) is 3.23. The molecule has 0 saturated carbocycles. The number of rotatable bonds is 6. The third-order valence-corrected chi connectivity index (χ3v) is 7.01. The Balaban J connectivity index is 1.87. The van der Waals surface area contributed by atoms with E-state index in [-0.39, 0.29) is 5.88 Å². The van der Waals surface area contributed by atoms with Gasteiger partial charge < -0.3 is 13.9 Å². The highest BCUT2D eigenvalue weighted by molar-refractivity contribution is 9.11. The van der Waals surface area contributed by atoms with Crippen LogP contribution >= 0.6 is 31.9 Å². The van der Waals surface area contributed by atoms with Crippen molar-refractivity contribution in [3.05, 3.63) is 86.3 Å². The number of ether oxygens (including phenoxy) is 2. The normalized spacial score (nSPS) is 10.9. The molecule has 0 aliphatic rings. The zero-order valence-electron chi connectivity index (χ0n) is 18.7. The van der Waals surface area contributed by atoms with Crippen molar-refractivity contribution in [2.24, 2.45) is 4.99 Å². The topological polar surface area (TPSA) is 67.8 Å². The molecule has 1 aromatic heterocycles. The Kier molecular flexibility index (Phi) is 7.20.